The lowest BCUT2D eigenvalue weighted by molar-refractivity contribution is -0.121. The van der Waals surface area contributed by atoms with E-state index in [1.807, 2.05) is 12.1 Å². The van der Waals surface area contributed by atoms with E-state index in [9.17, 15) is 14.0 Å². The van der Waals surface area contributed by atoms with E-state index in [-0.39, 0.29) is 24.1 Å². The standard InChI is InChI=1S/C19H19FN2O2/c20-17-9-5-13(6-10-17)11-18(23)21-22-19(24)16-8-7-14-3-1-2-4-15(14)12-16/h5-10,12H,1-4,11H2,(H,21,23)(H,22,24). The van der Waals surface area contributed by atoms with E-state index >= 15 is 0 Å². The molecule has 0 bridgehead atoms. The van der Waals surface area contributed by atoms with Crippen molar-refractivity contribution in [2.75, 3.05) is 0 Å². The summed E-state index contributed by atoms with van der Waals surface area (Å²) in [6, 6.07) is 11.4. The minimum Gasteiger partial charge on any atom is -0.273 e. The Hall–Kier alpha value is -2.69. The zero-order chi connectivity index (χ0) is 16.9. The molecule has 0 saturated heterocycles. The number of hydrazine groups is 1. The average Bonchev–Trinajstić information content (AvgIpc) is 2.61. The number of fused-ring (bicyclic) bond motifs is 1. The monoisotopic (exact) mass is 326 g/mol. The normalized spacial score (nSPS) is 13.0. The lowest BCUT2D eigenvalue weighted by Crippen LogP contribution is -2.42. The fourth-order valence-corrected chi connectivity index (χ4v) is 2.91. The number of carbonyl (C=O) groups is 2. The third kappa shape index (κ3) is 3.98. The maximum Gasteiger partial charge on any atom is 0.269 e. The Labute approximate surface area is 140 Å². The summed E-state index contributed by atoms with van der Waals surface area (Å²) in [4.78, 5) is 24.0. The first-order valence-corrected chi connectivity index (χ1v) is 8.07. The van der Waals surface area contributed by atoms with E-state index in [0.29, 0.717) is 11.1 Å². The van der Waals surface area contributed by atoms with E-state index in [4.69, 9.17) is 0 Å². The summed E-state index contributed by atoms with van der Waals surface area (Å²) in [5.41, 5.74) is 8.55. The number of hydrogen-bond donors (Lipinski definition) is 2. The van der Waals surface area contributed by atoms with Gasteiger partial charge in [-0.05, 0) is 66.6 Å². The summed E-state index contributed by atoms with van der Waals surface area (Å²) < 4.78 is 12.8. The van der Waals surface area contributed by atoms with Crippen molar-refractivity contribution in [3.8, 4) is 0 Å². The van der Waals surface area contributed by atoms with Crippen molar-refractivity contribution in [2.24, 2.45) is 0 Å². The topological polar surface area (TPSA) is 58.2 Å². The minimum absolute atomic E-state index is 0.0742. The molecule has 0 spiro atoms. The molecular weight excluding hydrogens is 307 g/mol. The molecule has 1 aliphatic rings. The number of aryl methyl sites for hydroxylation is 2. The lowest BCUT2D eigenvalue weighted by Gasteiger charge is -2.16. The highest BCUT2D eigenvalue weighted by atomic mass is 19.1. The van der Waals surface area contributed by atoms with Gasteiger partial charge in [-0.3, -0.25) is 20.4 Å². The molecule has 0 atom stereocenters. The van der Waals surface area contributed by atoms with Crippen LogP contribution >= 0.6 is 0 Å². The quantitative estimate of drug-likeness (QED) is 0.852. The van der Waals surface area contributed by atoms with Crippen LogP contribution in [-0.2, 0) is 24.1 Å². The van der Waals surface area contributed by atoms with E-state index in [0.717, 1.165) is 19.3 Å². The molecule has 2 aromatic rings. The van der Waals surface area contributed by atoms with Crippen LogP contribution in [0.2, 0.25) is 0 Å². The maximum absolute atomic E-state index is 12.8. The van der Waals surface area contributed by atoms with Gasteiger partial charge in [0.15, 0.2) is 0 Å². The number of carbonyl (C=O) groups excluding carboxylic acids is 2. The van der Waals surface area contributed by atoms with Crippen LogP contribution in [0.25, 0.3) is 0 Å². The zero-order valence-electron chi connectivity index (χ0n) is 13.3. The van der Waals surface area contributed by atoms with E-state index in [1.165, 1.54) is 29.7 Å². The van der Waals surface area contributed by atoms with E-state index < -0.39 is 0 Å². The molecule has 4 nitrogen and oxygen atoms in total. The Kier molecular flexibility index (Phi) is 4.89. The van der Waals surface area contributed by atoms with Crippen LogP contribution in [-0.4, -0.2) is 11.8 Å². The smallest absolute Gasteiger partial charge is 0.269 e. The Balaban J connectivity index is 1.55. The highest BCUT2D eigenvalue weighted by molar-refractivity contribution is 5.95. The molecule has 0 aromatic heterocycles. The molecule has 0 unspecified atom stereocenters. The van der Waals surface area contributed by atoms with Crippen molar-refractivity contribution in [1.29, 1.82) is 0 Å². The van der Waals surface area contributed by atoms with Crippen LogP contribution in [0.3, 0.4) is 0 Å². The molecule has 1 aliphatic carbocycles. The maximum atomic E-state index is 12.8. The van der Waals surface area contributed by atoms with Crippen molar-refractivity contribution in [1.82, 2.24) is 10.9 Å². The fraction of sp³-hybridized carbons (Fsp3) is 0.263. The van der Waals surface area contributed by atoms with E-state index in [1.54, 1.807) is 18.2 Å². The summed E-state index contributed by atoms with van der Waals surface area (Å²) in [6.07, 6.45) is 4.47. The van der Waals surface area contributed by atoms with E-state index in [2.05, 4.69) is 10.9 Å². The third-order valence-electron chi connectivity index (χ3n) is 4.20. The van der Waals surface area contributed by atoms with Crippen molar-refractivity contribution in [3.63, 3.8) is 0 Å². The van der Waals surface area contributed by atoms with Gasteiger partial charge in [0.2, 0.25) is 5.91 Å². The van der Waals surface area contributed by atoms with Gasteiger partial charge in [-0.25, -0.2) is 4.39 Å². The van der Waals surface area contributed by atoms with Crippen LogP contribution in [0.1, 0.15) is 39.9 Å². The Morgan fingerprint density at radius 3 is 2.38 bits per heavy atom. The molecule has 2 amide bonds. The van der Waals surface area contributed by atoms with Crippen molar-refractivity contribution < 1.29 is 14.0 Å². The van der Waals surface area contributed by atoms with Crippen LogP contribution in [0, 0.1) is 5.82 Å². The third-order valence-corrected chi connectivity index (χ3v) is 4.20. The van der Waals surface area contributed by atoms with Gasteiger partial charge in [-0.2, -0.15) is 0 Å². The highest BCUT2D eigenvalue weighted by Gasteiger charge is 2.13. The summed E-state index contributed by atoms with van der Waals surface area (Å²) in [7, 11) is 0. The van der Waals surface area contributed by atoms with Gasteiger partial charge in [-0.15, -0.1) is 0 Å². The van der Waals surface area contributed by atoms with Crippen LogP contribution < -0.4 is 10.9 Å². The van der Waals surface area contributed by atoms with Gasteiger partial charge in [0.1, 0.15) is 5.82 Å². The van der Waals surface area contributed by atoms with Gasteiger partial charge in [0, 0.05) is 5.56 Å². The molecule has 24 heavy (non-hydrogen) atoms. The number of benzene rings is 2. The summed E-state index contributed by atoms with van der Waals surface area (Å²) in [6.45, 7) is 0. The molecule has 3 rings (SSSR count). The summed E-state index contributed by atoms with van der Waals surface area (Å²) in [5, 5.41) is 0. The SMILES string of the molecule is O=C(Cc1ccc(F)cc1)NNC(=O)c1ccc2c(c1)CCCC2. The molecule has 0 aliphatic heterocycles. The fourth-order valence-electron chi connectivity index (χ4n) is 2.91. The number of rotatable bonds is 3. The first-order valence-electron chi connectivity index (χ1n) is 8.07. The van der Waals surface area contributed by atoms with Gasteiger partial charge in [0.05, 0.1) is 6.42 Å². The number of amides is 2. The molecule has 2 N–H and O–H groups in total. The molecule has 0 heterocycles. The van der Waals surface area contributed by atoms with Crippen LogP contribution in [0.15, 0.2) is 42.5 Å². The number of nitrogens with one attached hydrogen (secondary N) is 2. The van der Waals surface area contributed by atoms with Crippen molar-refractivity contribution in [2.45, 2.75) is 32.1 Å². The Morgan fingerprint density at radius 1 is 0.917 bits per heavy atom. The molecule has 5 heteroatoms. The van der Waals surface area contributed by atoms with Crippen LogP contribution in [0.4, 0.5) is 4.39 Å². The Morgan fingerprint density at radius 2 is 1.62 bits per heavy atom. The highest BCUT2D eigenvalue weighted by Crippen LogP contribution is 2.22. The second kappa shape index (κ2) is 7.25. The predicted molar refractivity (Wildman–Crippen MR) is 88.8 cm³/mol. The number of halogens is 1. The zero-order valence-corrected chi connectivity index (χ0v) is 13.3. The minimum atomic E-state index is -0.354. The summed E-state index contributed by atoms with van der Waals surface area (Å²) in [5.74, 6) is -1.04. The summed E-state index contributed by atoms with van der Waals surface area (Å²) >= 11 is 0. The molecule has 124 valence electrons. The largest absolute Gasteiger partial charge is 0.273 e. The molecule has 2 aromatic carbocycles. The Bertz CT molecular complexity index is 756. The molecule has 0 radical (unpaired) electrons. The molecule has 0 fully saturated rings. The van der Waals surface area contributed by atoms with Crippen molar-refractivity contribution >= 4 is 11.8 Å². The van der Waals surface area contributed by atoms with Crippen LogP contribution in [0.5, 0.6) is 0 Å². The van der Waals surface area contributed by atoms with Crippen molar-refractivity contribution in [3.05, 3.63) is 70.5 Å². The predicted octanol–water partition coefficient (Wildman–Crippen LogP) is 2.71. The first-order chi connectivity index (χ1) is 11.6. The second-order valence-corrected chi connectivity index (χ2v) is 6.00. The molecular formula is C19H19FN2O2. The van der Waals surface area contributed by atoms with Gasteiger partial charge < -0.3 is 0 Å². The average molecular weight is 326 g/mol. The van der Waals surface area contributed by atoms with Gasteiger partial charge in [0.25, 0.3) is 5.91 Å². The first kappa shape index (κ1) is 16.2. The lowest BCUT2D eigenvalue weighted by atomic mass is 9.90. The number of hydrogen-bond acceptors (Lipinski definition) is 2. The van der Waals surface area contributed by atoms with Gasteiger partial charge in [-0.1, -0.05) is 18.2 Å². The molecule has 0 saturated carbocycles. The van der Waals surface area contributed by atoms with Gasteiger partial charge >= 0.3 is 0 Å². The second-order valence-electron chi connectivity index (χ2n) is 6.00.